The summed E-state index contributed by atoms with van der Waals surface area (Å²) in [6.45, 7) is 8.76. The normalized spacial score (nSPS) is 13.5. The predicted octanol–water partition coefficient (Wildman–Crippen LogP) is 3.49. The second-order valence-corrected chi connectivity index (χ2v) is 7.42. The van der Waals surface area contributed by atoms with E-state index in [1.807, 2.05) is 20.8 Å². The van der Waals surface area contributed by atoms with Gasteiger partial charge in [0.2, 0.25) is 5.75 Å². The maximum absolute atomic E-state index is 13.3. The Morgan fingerprint density at radius 2 is 1.27 bits per heavy atom. The highest BCUT2D eigenvalue weighted by Gasteiger charge is 2.27. The van der Waals surface area contributed by atoms with Crippen molar-refractivity contribution in [3.63, 3.8) is 0 Å². The molecule has 1 fully saturated rings. The molecule has 8 heteroatoms. The lowest BCUT2D eigenvalue weighted by Crippen LogP contribution is -2.50. The van der Waals surface area contributed by atoms with Gasteiger partial charge in [0.15, 0.2) is 11.5 Å². The Morgan fingerprint density at radius 3 is 1.76 bits per heavy atom. The monoisotopic (exact) mass is 456 g/mol. The number of benzene rings is 2. The van der Waals surface area contributed by atoms with E-state index in [1.165, 1.54) is 0 Å². The lowest BCUT2D eigenvalue weighted by atomic mass is 10.1. The van der Waals surface area contributed by atoms with Crippen LogP contribution in [0.2, 0.25) is 0 Å². The van der Waals surface area contributed by atoms with Crippen molar-refractivity contribution in [2.75, 3.05) is 53.1 Å². The van der Waals surface area contributed by atoms with Gasteiger partial charge in [-0.2, -0.15) is 0 Å². The number of piperazine rings is 1. The molecular formula is C25H32N2O6. The van der Waals surface area contributed by atoms with Gasteiger partial charge in [-0.05, 0) is 51.1 Å². The third-order valence-corrected chi connectivity index (χ3v) is 5.33. The van der Waals surface area contributed by atoms with Crippen molar-refractivity contribution in [2.24, 2.45) is 0 Å². The lowest BCUT2D eigenvalue weighted by Gasteiger charge is -2.35. The third-order valence-electron chi connectivity index (χ3n) is 5.33. The molecule has 178 valence electrons. The molecule has 1 heterocycles. The Morgan fingerprint density at radius 1 is 0.758 bits per heavy atom. The standard InChI is InChI=1S/C25H32N2O6/c1-5-31-21-16-19(17-22(32-6-2)23(21)33-7-3)25(29)27-13-11-26(12-14-27)24(28)18-9-8-10-20(15-18)30-4/h8-10,15-17H,5-7,11-14H2,1-4H3. The van der Waals surface area contributed by atoms with Crippen molar-refractivity contribution in [1.82, 2.24) is 9.80 Å². The topological polar surface area (TPSA) is 77.5 Å². The maximum atomic E-state index is 13.3. The number of nitrogens with zero attached hydrogens (tertiary/aromatic N) is 2. The SMILES string of the molecule is CCOc1cc(C(=O)N2CCN(C(=O)c3cccc(OC)c3)CC2)cc(OCC)c1OCC. The van der Waals surface area contributed by atoms with Crippen molar-refractivity contribution in [3.8, 4) is 23.0 Å². The van der Waals surface area contributed by atoms with E-state index in [4.69, 9.17) is 18.9 Å². The van der Waals surface area contributed by atoms with E-state index in [0.29, 0.717) is 80.1 Å². The van der Waals surface area contributed by atoms with Crippen LogP contribution in [0.4, 0.5) is 0 Å². The van der Waals surface area contributed by atoms with Crippen molar-refractivity contribution in [2.45, 2.75) is 20.8 Å². The van der Waals surface area contributed by atoms with Gasteiger partial charge in [0.1, 0.15) is 5.75 Å². The van der Waals surface area contributed by atoms with Crippen LogP contribution in [0.15, 0.2) is 36.4 Å². The molecule has 33 heavy (non-hydrogen) atoms. The van der Waals surface area contributed by atoms with Crippen LogP contribution in [-0.2, 0) is 0 Å². The zero-order valence-electron chi connectivity index (χ0n) is 19.8. The molecule has 2 aromatic rings. The van der Waals surface area contributed by atoms with Crippen LogP contribution in [0.25, 0.3) is 0 Å². The summed E-state index contributed by atoms with van der Waals surface area (Å²) in [6.07, 6.45) is 0. The molecule has 1 aliphatic rings. The molecule has 2 amide bonds. The van der Waals surface area contributed by atoms with E-state index in [1.54, 1.807) is 53.3 Å². The highest BCUT2D eigenvalue weighted by atomic mass is 16.5. The number of hydrogen-bond donors (Lipinski definition) is 0. The minimum atomic E-state index is -0.131. The Labute approximate surface area is 195 Å². The molecule has 1 saturated heterocycles. The maximum Gasteiger partial charge on any atom is 0.254 e. The summed E-state index contributed by atoms with van der Waals surface area (Å²) in [5.41, 5.74) is 1.04. The van der Waals surface area contributed by atoms with Crippen LogP contribution >= 0.6 is 0 Å². The molecule has 0 saturated carbocycles. The quantitative estimate of drug-likeness (QED) is 0.575. The van der Waals surface area contributed by atoms with Crippen LogP contribution in [0.3, 0.4) is 0 Å². The molecule has 3 rings (SSSR count). The van der Waals surface area contributed by atoms with Gasteiger partial charge in [-0.3, -0.25) is 9.59 Å². The van der Waals surface area contributed by atoms with Gasteiger partial charge in [0, 0.05) is 37.3 Å². The zero-order valence-corrected chi connectivity index (χ0v) is 19.8. The van der Waals surface area contributed by atoms with E-state index in [9.17, 15) is 9.59 Å². The smallest absolute Gasteiger partial charge is 0.254 e. The van der Waals surface area contributed by atoms with Crippen molar-refractivity contribution >= 4 is 11.8 Å². The van der Waals surface area contributed by atoms with Crippen LogP contribution in [0, 0.1) is 0 Å². The van der Waals surface area contributed by atoms with Crippen molar-refractivity contribution in [3.05, 3.63) is 47.5 Å². The number of amides is 2. The summed E-state index contributed by atoms with van der Waals surface area (Å²) in [6, 6.07) is 10.5. The summed E-state index contributed by atoms with van der Waals surface area (Å²) in [5, 5.41) is 0. The van der Waals surface area contributed by atoms with E-state index >= 15 is 0 Å². The fourth-order valence-electron chi connectivity index (χ4n) is 3.75. The first kappa shape index (κ1) is 24.2. The molecule has 1 aliphatic heterocycles. The molecule has 0 aliphatic carbocycles. The Bertz CT molecular complexity index is 942. The number of carbonyl (C=O) groups is 2. The van der Waals surface area contributed by atoms with Crippen LogP contribution in [0.1, 0.15) is 41.5 Å². The van der Waals surface area contributed by atoms with E-state index in [-0.39, 0.29) is 11.8 Å². The molecule has 2 aromatic carbocycles. The van der Waals surface area contributed by atoms with Gasteiger partial charge in [0.05, 0.1) is 26.9 Å². The highest BCUT2D eigenvalue weighted by molar-refractivity contribution is 5.97. The fraction of sp³-hybridized carbons (Fsp3) is 0.440. The number of rotatable bonds is 9. The third kappa shape index (κ3) is 5.69. The molecule has 0 atom stereocenters. The Hall–Kier alpha value is -3.42. The molecule has 0 spiro atoms. The molecule has 0 aromatic heterocycles. The van der Waals surface area contributed by atoms with Crippen LogP contribution in [0.5, 0.6) is 23.0 Å². The summed E-state index contributed by atoms with van der Waals surface area (Å²) >= 11 is 0. The summed E-state index contributed by atoms with van der Waals surface area (Å²) in [4.78, 5) is 29.6. The first-order valence-corrected chi connectivity index (χ1v) is 11.3. The Kier molecular flexibility index (Phi) is 8.40. The molecule has 0 bridgehead atoms. The number of hydrogen-bond acceptors (Lipinski definition) is 6. The van der Waals surface area contributed by atoms with Crippen molar-refractivity contribution < 1.29 is 28.5 Å². The second kappa shape index (κ2) is 11.4. The Balaban J connectivity index is 1.73. The van der Waals surface area contributed by atoms with Gasteiger partial charge in [0.25, 0.3) is 11.8 Å². The summed E-state index contributed by atoms with van der Waals surface area (Å²) in [7, 11) is 1.57. The van der Waals surface area contributed by atoms with Crippen molar-refractivity contribution in [1.29, 1.82) is 0 Å². The van der Waals surface area contributed by atoms with Gasteiger partial charge in [-0.1, -0.05) is 6.07 Å². The number of ether oxygens (including phenoxy) is 4. The van der Waals surface area contributed by atoms with E-state index in [0.717, 1.165) is 0 Å². The first-order chi connectivity index (χ1) is 16.0. The lowest BCUT2D eigenvalue weighted by molar-refractivity contribution is 0.0535. The average molecular weight is 457 g/mol. The highest BCUT2D eigenvalue weighted by Crippen LogP contribution is 2.39. The fourth-order valence-corrected chi connectivity index (χ4v) is 3.75. The van der Waals surface area contributed by atoms with Crippen LogP contribution in [-0.4, -0.2) is 74.7 Å². The molecule has 0 radical (unpaired) electrons. The largest absolute Gasteiger partial charge is 0.497 e. The van der Waals surface area contributed by atoms with Gasteiger partial charge < -0.3 is 28.7 Å². The van der Waals surface area contributed by atoms with E-state index in [2.05, 4.69) is 0 Å². The molecule has 0 N–H and O–H groups in total. The summed E-state index contributed by atoms with van der Waals surface area (Å²) in [5.74, 6) is 1.92. The molecule has 0 unspecified atom stereocenters. The average Bonchev–Trinajstić information content (AvgIpc) is 2.85. The van der Waals surface area contributed by atoms with E-state index < -0.39 is 0 Å². The molecular weight excluding hydrogens is 424 g/mol. The van der Waals surface area contributed by atoms with Gasteiger partial charge >= 0.3 is 0 Å². The van der Waals surface area contributed by atoms with Gasteiger partial charge in [-0.25, -0.2) is 0 Å². The minimum Gasteiger partial charge on any atom is -0.497 e. The zero-order chi connectivity index (χ0) is 23.8. The predicted molar refractivity (Wildman–Crippen MR) is 125 cm³/mol. The molecule has 8 nitrogen and oxygen atoms in total. The minimum absolute atomic E-state index is 0.0701. The summed E-state index contributed by atoms with van der Waals surface area (Å²) < 4.78 is 22.4. The number of carbonyl (C=O) groups excluding carboxylic acids is 2. The van der Waals surface area contributed by atoms with Crippen LogP contribution < -0.4 is 18.9 Å². The second-order valence-electron chi connectivity index (χ2n) is 7.42. The van der Waals surface area contributed by atoms with Gasteiger partial charge in [-0.15, -0.1) is 0 Å². The first-order valence-electron chi connectivity index (χ1n) is 11.3. The number of methoxy groups -OCH3 is 1.